The predicted molar refractivity (Wildman–Crippen MR) is 104 cm³/mol. The first-order chi connectivity index (χ1) is 14.7. The van der Waals surface area contributed by atoms with Crippen LogP contribution in [0.5, 0.6) is 5.75 Å². The summed E-state index contributed by atoms with van der Waals surface area (Å²) in [6.45, 7) is 0.0593. The number of nitrogens with two attached hydrogens (primary N) is 1. The van der Waals surface area contributed by atoms with Crippen molar-refractivity contribution >= 4 is 28.4 Å². The van der Waals surface area contributed by atoms with E-state index < -0.39 is 17.8 Å². The Labute approximate surface area is 173 Å². The molecular weight excluding hydrogens is 413 g/mol. The molecular formula is C20H15F3N6O2. The molecule has 0 radical (unpaired) electrons. The first-order valence-electron chi connectivity index (χ1n) is 9.22. The molecule has 4 aromatic rings. The Bertz CT molecular complexity index is 1350. The Kier molecular flexibility index (Phi) is 4.04. The molecule has 8 nitrogen and oxygen atoms in total. The Morgan fingerprint density at radius 1 is 1.26 bits per heavy atom. The second-order valence-corrected chi connectivity index (χ2v) is 7.21. The van der Waals surface area contributed by atoms with E-state index in [2.05, 4.69) is 15.0 Å². The number of alkyl halides is 3. The highest BCUT2D eigenvalue weighted by Gasteiger charge is 2.36. The number of carbonyl (C=O) groups excluding carboxylic acids is 1. The summed E-state index contributed by atoms with van der Waals surface area (Å²) >= 11 is 0. The number of imidazole rings is 1. The third-order valence-corrected chi connectivity index (χ3v) is 5.37. The molecule has 4 heterocycles. The lowest BCUT2D eigenvalue weighted by atomic mass is 10.0. The van der Waals surface area contributed by atoms with E-state index in [1.165, 1.54) is 17.2 Å². The second kappa shape index (κ2) is 6.56. The maximum absolute atomic E-state index is 13.1. The summed E-state index contributed by atoms with van der Waals surface area (Å²) in [5, 5.41) is 0. The molecule has 1 amide bonds. The number of fused-ring (bicyclic) bond motifs is 4. The maximum atomic E-state index is 13.1. The summed E-state index contributed by atoms with van der Waals surface area (Å²) in [5.41, 5.74) is 7.42. The van der Waals surface area contributed by atoms with Crippen LogP contribution in [-0.4, -0.2) is 43.8 Å². The average Bonchev–Trinajstić information content (AvgIpc) is 3.39. The minimum Gasteiger partial charge on any atom is -0.491 e. The van der Waals surface area contributed by atoms with Gasteiger partial charge >= 0.3 is 6.18 Å². The number of benzene rings is 1. The Morgan fingerprint density at radius 2 is 2.06 bits per heavy atom. The molecule has 3 aromatic heterocycles. The molecule has 0 aliphatic carbocycles. The van der Waals surface area contributed by atoms with E-state index in [9.17, 15) is 18.0 Å². The van der Waals surface area contributed by atoms with Crippen molar-refractivity contribution in [3.63, 3.8) is 0 Å². The summed E-state index contributed by atoms with van der Waals surface area (Å²) in [4.78, 5) is 27.1. The summed E-state index contributed by atoms with van der Waals surface area (Å²) in [7, 11) is 1.57. The van der Waals surface area contributed by atoms with E-state index in [-0.39, 0.29) is 29.6 Å². The number of hydrogen-bond donors (Lipinski definition) is 1. The summed E-state index contributed by atoms with van der Waals surface area (Å²) in [6.07, 6.45) is 0.0317. The van der Waals surface area contributed by atoms with Gasteiger partial charge in [-0.1, -0.05) is 6.07 Å². The van der Waals surface area contributed by atoms with E-state index in [0.29, 0.717) is 22.2 Å². The lowest BCUT2D eigenvalue weighted by molar-refractivity contribution is -0.137. The molecule has 158 valence electrons. The van der Waals surface area contributed by atoms with Crippen molar-refractivity contribution in [2.24, 2.45) is 0 Å². The molecule has 0 saturated carbocycles. The number of aromatic nitrogens is 4. The van der Waals surface area contributed by atoms with E-state index in [4.69, 9.17) is 10.5 Å². The van der Waals surface area contributed by atoms with Gasteiger partial charge in [-0.2, -0.15) is 13.2 Å². The van der Waals surface area contributed by atoms with Crippen LogP contribution in [0.2, 0.25) is 0 Å². The highest BCUT2D eigenvalue weighted by atomic mass is 19.4. The van der Waals surface area contributed by atoms with E-state index in [0.717, 1.165) is 12.1 Å². The van der Waals surface area contributed by atoms with Crippen LogP contribution >= 0.6 is 0 Å². The van der Waals surface area contributed by atoms with Crippen molar-refractivity contribution in [3.05, 3.63) is 59.7 Å². The number of hydrogen-bond acceptors (Lipinski definition) is 6. The SMILES string of the molecule is CN(C(=O)c1cnc2nc(N)c3cncn3c2c1)C1COc2cc(C(F)(F)F)ccc21. The van der Waals surface area contributed by atoms with Crippen molar-refractivity contribution < 1.29 is 22.7 Å². The van der Waals surface area contributed by atoms with Crippen molar-refractivity contribution in [2.75, 3.05) is 19.4 Å². The van der Waals surface area contributed by atoms with Gasteiger partial charge in [0.25, 0.3) is 5.91 Å². The molecule has 2 N–H and O–H groups in total. The standard InChI is InChI=1S/C20H15F3N6O2/c1-28(15-8-31-16-5-11(20(21,22)23)2-3-12(15)16)19(30)10-4-13-18(26-6-10)27-17(24)14-7-25-9-29(13)14/h2-7,9,15H,8H2,1H3,(H2,24,26,27). The van der Waals surface area contributed by atoms with Crippen molar-refractivity contribution in [1.29, 1.82) is 0 Å². The fraction of sp³-hybridized carbons (Fsp3) is 0.200. The minimum absolute atomic E-state index is 0.0593. The number of nitrogens with zero attached hydrogens (tertiary/aromatic N) is 5. The highest BCUT2D eigenvalue weighted by Crippen LogP contribution is 2.40. The van der Waals surface area contributed by atoms with Crippen molar-refractivity contribution in [2.45, 2.75) is 12.2 Å². The second-order valence-electron chi connectivity index (χ2n) is 7.21. The number of pyridine rings is 1. The summed E-state index contributed by atoms with van der Waals surface area (Å²) < 4.78 is 46.0. The van der Waals surface area contributed by atoms with Crippen LogP contribution in [0, 0.1) is 0 Å². The number of amides is 1. The zero-order chi connectivity index (χ0) is 21.9. The summed E-state index contributed by atoms with van der Waals surface area (Å²) in [6, 6.07) is 4.39. The van der Waals surface area contributed by atoms with Gasteiger partial charge in [0.15, 0.2) is 11.5 Å². The number of rotatable bonds is 2. The van der Waals surface area contributed by atoms with Crippen LogP contribution in [0.3, 0.4) is 0 Å². The third kappa shape index (κ3) is 3.00. The lowest BCUT2D eigenvalue weighted by Crippen LogP contribution is -2.32. The van der Waals surface area contributed by atoms with Crippen LogP contribution in [0.15, 0.2) is 43.0 Å². The van der Waals surface area contributed by atoms with Crippen molar-refractivity contribution in [3.8, 4) is 5.75 Å². The van der Waals surface area contributed by atoms with Crippen LogP contribution < -0.4 is 10.5 Å². The molecule has 1 aromatic carbocycles. The molecule has 1 atom stereocenters. The average molecular weight is 428 g/mol. The lowest BCUT2D eigenvalue weighted by Gasteiger charge is -2.24. The van der Waals surface area contributed by atoms with Gasteiger partial charge in [0, 0.05) is 18.8 Å². The van der Waals surface area contributed by atoms with Gasteiger partial charge in [0.1, 0.15) is 17.9 Å². The Morgan fingerprint density at radius 3 is 2.84 bits per heavy atom. The van der Waals surface area contributed by atoms with Crippen LogP contribution in [0.25, 0.3) is 16.7 Å². The largest absolute Gasteiger partial charge is 0.491 e. The van der Waals surface area contributed by atoms with Gasteiger partial charge < -0.3 is 15.4 Å². The fourth-order valence-electron chi connectivity index (χ4n) is 3.71. The zero-order valence-electron chi connectivity index (χ0n) is 16.1. The quantitative estimate of drug-likeness (QED) is 0.527. The predicted octanol–water partition coefficient (Wildman–Crippen LogP) is 3.08. The van der Waals surface area contributed by atoms with Crippen LogP contribution in [0.4, 0.5) is 19.0 Å². The molecule has 0 fully saturated rings. The highest BCUT2D eigenvalue weighted by molar-refractivity contribution is 5.97. The number of nitrogen functional groups attached to an aromatic ring is 1. The maximum Gasteiger partial charge on any atom is 0.416 e. The molecule has 0 saturated heterocycles. The van der Waals surface area contributed by atoms with Gasteiger partial charge in [-0.15, -0.1) is 0 Å². The smallest absolute Gasteiger partial charge is 0.416 e. The van der Waals surface area contributed by atoms with Crippen molar-refractivity contribution in [1.82, 2.24) is 24.3 Å². The fourth-order valence-corrected chi connectivity index (χ4v) is 3.71. The molecule has 0 spiro atoms. The zero-order valence-corrected chi connectivity index (χ0v) is 16.1. The Balaban J connectivity index is 1.49. The first-order valence-corrected chi connectivity index (χ1v) is 9.22. The van der Waals surface area contributed by atoms with Gasteiger partial charge in [-0.25, -0.2) is 15.0 Å². The molecule has 11 heteroatoms. The van der Waals surface area contributed by atoms with Crippen LogP contribution in [-0.2, 0) is 6.18 Å². The minimum atomic E-state index is -4.47. The Hall–Kier alpha value is -3.89. The molecule has 1 aliphatic heterocycles. The van der Waals surface area contributed by atoms with E-state index >= 15 is 0 Å². The van der Waals surface area contributed by atoms with E-state index in [1.807, 2.05) is 0 Å². The van der Waals surface area contributed by atoms with Gasteiger partial charge in [-0.05, 0) is 18.2 Å². The third-order valence-electron chi connectivity index (χ3n) is 5.37. The number of ether oxygens (including phenoxy) is 1. The molecule has 1 unspecified atom stereocenters. The number of carbonyl (C=O) groups is 1. The van der Waals surface area contributed by atoms with Gasteiger partial charge in [-0.3, -0.25) is 9.20 Å². The number of halogens is 3. The normalized spacial score (nSPS) is 15.8. The summed E-state index contributed by atoms with van der Waals surface area (Å²) in [5.74, 6) is 0.0309. The molecule has 5 rings (SSSR count). The molecule has 31 heavy (non-hydrogen) atoms. The number of anilines is 1. The molecule has 1 aliphatic rings. The van der Waals surface area contributed by atoms with Gasteiger partial charge in [0.2, 0.25) is 0 Å². The molecule has 0 bridgehead atoms. The van der Waals surface area contributed by atoms with Gasteiger partial charge in [0.05, 0.1) is 35.2 Å². The monoisotopic (exact) mass is 428 g/mol. The number of likely N-dealkylation sites (N-methyl/N-ethyl adjacent to an activating group) is 1. The van der Waals surface area contributed by atoms with Crippen LogP contribution in [0.1, 0.15) is 27.5 Å². The topological polar surface area (TPSA) is 98.6 Å². The van der Waals surface area contributed by atoms with E-state index in [1.54, 1.807) is 30.0 Å². The first kappa shape index (κ1) is 19.1.